The monoisotopic (exact) mass is 604 g/mol. The van der Waals surface area contributed by atoms with E-state index < -0.39 is 12.2 Å². The van der Waals surface area contributed by atoms with Crippen LogP contribution in [0, 0.1) is 0 Å². The fourth-order valence-electron chi connectivity index (χ4n) is 4.51. The van der Waals surface area contributed by atoms with E-state index in [1.54, 1.807) is 6.08 Å². The van der Waals surface area contributed by atoms with Gasteiger partial charge in [0.05, 0.1) is 12.7 Å². The Bertz CT molecular complexity index is 754. The van der Waals surface area contributed by atoms with Crippen molar-refractivity contribution >= 4 is 11.9 Å². The number of rotatable bonds is 30. The van der Waals surface area contributed by atoms with Gasteiger partial charge >= 0.3 is 11.9 Å². The van der Waals surface area contributed by atoms with Gasteiger partial charge in [0.1, 0.15) is 6.61 Å². The Kier molecular flexibility index (Phi) is 31.1. The van der Waals surface area contributed by atoms with E-state index >= 15 is 0 Å². The van der Waals surface area contributed by atoms with Crippen LogP contribution in [0.5, 0.6) is 0 Å². The lowest BCUT2D eigenvalue weighted by Crippen LogP contribution is -2.28. The van der Waals surface area contributed by atoms with Crippen LogP contribution in [0.3, 0.4) is 0 Å². The highest BCUT2D eigenvalue weighted by molar-refractivity contribution is 5.70. The highest BCUT2D eigenvalue weighted by Crippen LogP contribution is 2.12. The Hall–Kier alpha value is -2.18. The standard InChI is InChI=1S/C37H64O6/c1-3-5-7-9-11-12-13-14-19-23-27-31-37(41)43-35(32-38)33-42-36(40)30-26-22-18-16-15-17-21-25-29-34(39)28-24-20-10-8-6-4-2/h16-18,20-21,24-25,29,34-35,38-39H,3-15,19,22-23,26-28,30-33H2,1-2H3/b18-16-,21-17-,24-20-,29-25+/t34-,35+/m1/s1. The maximum atomic E-state index is 12.1. The second kappa shape index (κ2) is 32.7. The highest BCUT2D eigenvalue weighted by Gasteiger charge is 2.16. The Morgan fingerprint density at radius 2 is 1.23 bits per heavy atom. The molecule has 0 unspecified atom stereocenters. The fourth-order valence-corrected chi connectivity index (χ4v) is 4.51. The summed E-state index contributed by atoms with van der Waals surface area (Å²) in [5.41, 5.74) is 0. The molecule has 6 heteroatoms. The summed E-state index contributed by atoms with van der Waals surface area (Å²) in [5.74, 6) is -0.699. The molecule has 0 rings (SSSR count). The van der Waals surface area contributed by atoms with Crippen LogP contribution in [0.1, 0.15) is 149 Å². The lowest BCUT2D eigenvalue weighted by Gasteiger charge is -2.15. The minimum Gasteiger partial charge on any atom is -0.462 e. The number of carbonyl (C=O) groups excluding carboxylic acids is 2. The van der Waals surface area contributed by atoms with Crippen molar-refractivity contribution in [3.05, 3.63) is 48.6 Å². The molecule has 0 aromatic carbocycles. The van der Waals surface area contributed by atoms with Crippen LogP contribution in [-0.2, 0) is 19.1 Å². The van der Waals surface area contributed by atoms with Crippen molar-refractivity contribution in [3.8, 4) is 0 Å². The molecule has 0 radical (unpaired) electrons. The highest BCUT2D eigenvalue weighted by atomic mass is 16.6. The van der Waals surface area contributed by atoms with Gasteiger partial charge in [0.2, 0.25) is 0 Å². The van der Waals surface area contributed by atoms with Crippen LogP contribution in [-0.4, -0.2) is 47.6 Å². The van der Waals surface area contributed by atoms with Crippen molar-refractivity contribution in [1.82, 2.24) is 0 Å². The molecule has 0 saturated heterocycles. The molecule has 2 atom stereocenters. The average Bonchev–Trinajstić information content (AvgIpc) is 3.00. The summed E-state index contributed by atoms with van der Waals surface area (Å²) in [6.07, 6.45) is 36.2. The maximum absolute atomic E-state index is 12.1. The topological polar surface area (TPSA) is 93.1 Å². The van der Waals surface area contributed by atoms with E-state index in [2.05, 4.69) is 19.9 Å². The second-order valence-electron chi connectivity index (χ2n) is 11.4. The molecule has 43 heavy (non-hydrogen) atoms. The molecule has 0 aromatic rings. The number of carbonyl (C=O) groups is 2. The molecule has 0 saturated carbocycles. The molecule has 0 aliphatic rings. The van der Waals surface area contributed by atoms with E-state index in [0.717, 1.165) is 38.5 Å². The molecule has 6 nitrogen and oxygen atoms in total. The van der Waals surface area contributed by atoms with Gasteiger partial charge < -0.3 is 19.7 Å². The van der Waals surface area contributed by atoms with E-state index in [4.69, 9.17) is 9.47 Å². The van der Waals surface area contributed by atoms with E-state index in [9.17, 15) is 19.8 Å². The molecular weight excluding hydrogens is 540 g/mol. The second-order valence-corrected chi connectivity index (χ2v) is 11.4. The van der Waals surface area contributed by atoms with Crippen molar-refractivity contribution in [2.45, 2.75) is 161 Å². The number of unbranched alkanes of at least 4 members (excludes halogenated alkanes) is 14. The molecule has 0 amide bonds. The van der Waals surface area contributed by atoms with Gasteiger partial charge in [-0.05, 0) is 44.9 Å². The largest absolute Gasteiger partial charge is 0.462 e. The first-order valence-electron chi connectivity index (χ1n) is 17.3. The Morgan fingerprint density at radius 3 is 1.91 bits per heavy atom. The van der Waals surface area contributed by atoms with Gasteiger partial charge in [-0.1, -0.05) is 140 Å². The molecule has 0 spiro atoms. The minimum atomic E-state index is -0.807. The summed E-state index contributed by atoms with van der Waals surface area (Å²) < 4.78 is 10.5. The van der Waals surface area contributed by atoms with E-state index in [-0.39, 0.29) is 31.6 Å². The number of hydrogen-bond acceptors (Lipinski definition) is 6. The number of esters is 2. The molecule has 0 heterocycles. The van der Waals surface area contributed by atoms with Gasteiger partial charge in [-0.2, -0.15) is 0 Å². The van der Waals surface area contributed by atoms with E-state index in [1.807, 2.05) is 36.5 Å². The van der Waals surface area contributed by atoms with Gasteiger partial charge in [0.15, 0.2) is 6.10 Å². The molecule has 2 N–H and O–H groups in total. The number of allylic oxidation sites excluding steroid dienone is 6. The normalized spacial score (nSPS) is 13.5. The lowest BCUT2D eigenvalue weighted by atomic mass is 10.1. The van der Waals surface area contributed by atoms with Crippen molar-refractivity contribution in [2.24, 2.45) is 0 Å². The fraction of sp³-hybridized carbons (Fsp3) is 0.730. The number of aliphatic hydroxyl groups excluding tert-OH is 2. The van der Waals surface area contributed by atoms with Crippen LogP contribution in [0.25, 0.3) is 0 Å². The van der Waals surface area contributed by atoms with Gasteiger partial charge in [-0.15, -0.1) is 0 Å². The Labute approximate surface area is 263 Å². The van der Waals surface area contributed by atoms with E-state index in [1.165, 1.54) is 70.6 Å². The van der Waals surface area contributed by atoms with Crippen molar-refractivity contribution < 1.29 is 29.3 Å². The number of aliphatic hydroxyl groups is 2. The molecular formula is C37H64O6. The first-order chi connectivity index (χ1) is 21.0. The first kappa shape index (κ1) is 40.8. The van der Waals surface area contributed by atoms with Gasteiger partial charge in [0.25, 0.3) is 0 Å². The zero-order valence-corrected chi connectivity index (χ0v) is 27.6. The summed E-state index contributed by atoms with van der Waals surface area (Å²) >= 11 is 0. The predicted octanol–water partition coefficient (Wildman–Crippen LogP) is 9.25. The third-order valence-electron chi connectivity index (χ3n) is 7.21. The summed E-state index contributed by atoms with van der Waals surface area (Å²) in [5, 5.41) is 19.4. The van der Waals surface area contributed by atoms with Crippen molar-refractivity contribution in [3.63, 3.8) is 0 Å². The summed E-state index contributed by atoms with van der Waals surface area (Å²) in [4.78, 5) is 24.1. The van der Waals surface area contributed by atoms with Crippen LogP contribution in [0.4, 0.5) is 0 Å². The summed E-state index contributed by atoms with van der Waals surface area (Å²) in [7, 11) is 0. The van der Waals surface area contributed by atoms with Gasteiger partial charge in [0, 0.05) is 12.8 Å². The smallest absolute Gasteiger partial charge is 0.306 e. The van der Waals surface area contributed by atoms with E-state index in [0.29, 0.717) is 19.3 Å². The molecule has 0 fully saturated rings. The van der Waals surface area contributed by atoms with Gasteiger partial charge in [-0.25, -0.2) is 0 Å². The van der Waals surface area contributed by atoms with Crippen molar-refractivity contribution in [1.29, 1.82) is 0 Å². The first-order valence-corrected chi connectivity index (χ1v) is 17.3. The predicted molar refractivity (Wildman–Crippen MR) is 179 cm³/mol. The Morgan fingerprint density at radius 1 is 0.651 bits per heavy atom. The SMILES string of the molecule is CCCCC/C=C\C[C@@H](O)/C=C/C=C\C/C=C\CCCC(=O)OC[C@H](CO)OC(=O)CCCCCCCCCCCCC. The van der Waals surface area contributed by atoms with Crippen LogP contribution < -0.4 is 0 Å². The number of ether oxygens (including phenoxy) is 2. The quantitative estimate of drug-likeness (QED) is 0.0367. The van der Waals surface area contributed by atoms with Crippen LogP contribution in [0.2, 0.25) is 0 Å². The van der Waals surface area contributed by atoms with Gasteiger partial charge in [-0.3, -0.25) is 9.59 Å². The summed E-state index contributed by atoms with van der Waals surface area (Å²) in [6, 6.07) is 0. The Balaban J connectivity index is 3.79. The lowest BCUT2D eigenvalue weighted by molar-refractivity contribution is -0.161. The average molecular weight is 605 g/mol. The third kappa shape index (κ3) is 31.1. The molecule has 0 aromatic heterocycles. The number of hydrogen-bond donors (Lipinski definition) is 2. The maximum Gasteiger partial charge on any atom is 0.306 e. The third-order valence-corrected chi connectivity index (χ3v) is 7.21. The molecule has 248 valence electrons. The molecule has 0 aliphatic carbocycles. The molecule has 0 bridgehead atoms. The minimum absolute atomic E-state index is 0.114. The van der Waals surface area contributed by atoms with Crippen LogP contribution in [0.15, 0.2) is 48.6 Å². The molecule has 0 aliphatic heterocycles. The summed E-state index contributed by atoms with van der Waals surface area (Å²) in [6.45, 7) is 3.96. The zero-order valence-electron chi connectivity index (χ0n) is 27.6. The van der Waals surface area contributed by atoms with Crippen LogP contribution >= 0.6 is 0 Å². The van der Waals surface area contributed by atoms with Crippen molar-refractivity contribution in [2.75, 3.05) is 13.2 Å². The zero-order chi connectivity index (χ0) is 31.6.